The number of carbonyl (C=O) groups is 1. The van der Waals surface area contributed by atoms with Gasteiger partial charge in [0.05, 0.1) is 26.4 Å². The molecular formula is C28H34N2O4. The minimum Gasteiger partial charge on any atom is -0.392 e. The molecule has 4 rings (SSSR count). The van der Waals surface area contributed by atoms with Crippen LogP contribution in [-0.2, 0) is 29.2 Å². The number of fused-ring (bicyclic) bond motifs is 1. The van der Waals surface area contributed by atoms with Gasteiger partial charge in [-0.2, -0.15) is 0 Å². The van der Waals surface area contributed by atoms with E-state index in [1.165, 1.54) is 21.9 Å². The Hall–Kier alpha value is -2.77. The summed E-state index contributed by atoms with van der Waals surface area (Å²) in [5.74, 6) is -0.0422. The molecule has 0 aliphatic carbocycles. The van der Waals surface area contributed by atoms with Crippen LogP contribution in [0.25, 0.3) is 10.8 Å². The smallest absolute Gasteiger partial charge is 0.251 e. The monoisotopic (exact) mass is 462 g/mol. The van der Waals surface area contributed by atoms with Gasteiger partial charge in [0.25, 0.3) is 5.91 Å². The molecule has 3 aromatic rings. The van der Waals surface area contributed by atoms with Gasteiger partial charge < -0.3 is 19.9 Å². The van der Waals surface area contributed by atoms with E-state index in [0.717, 1.165) is 38.0 Å². The van der Waals surface area contributed by atoms with Crippen LogP contribution < -0.4 is 5.32 Å². The highest BCUT2D eigenvalue weighted by Crippen LogP contribution is 2.21. The van der Waals surface area contributed by atoms with Crippen LogP contribution in [0.1, 0.15) is 39.9 Å². The number of ether oxygens (including phenoxy) is 2. The Morgan fingerprint density at radius 3 is 2.32 bits per heavy atom. The third-order valence-corrected chi connectivity index (χ3v) is 6.40. The number of hydrogen-bond acceptors (Lipinski definition) is 5. The zero-order valence-electron chi connectivity index (χ0n) is 19.8. The van der Waals surface area contributed by atoms with Crippen molar-refractivity contribution in [3.8, 4) is 0 Å². The van der Waals surface area contributed by atoms with Crippen LogP contribution in [0.2, 0.25) is 0 Å². The SMILES string of the molecule is COCCOCc1ccc2ccc(CN3CCC(NC(=O)c4ccc(CO)cc4)CC3)cc2c1. The maximum Gasteiger partial charge on any atom is 0.251 e. The van der Waals surface area contributed by atoms with Crippen molar-refractivity contribution >= 4 is 16.7 Å². The first-order valence-electron chi connectivity index (χ1n) is 12.0. The quantitative estimate of drug-likeness (QED) is 0.448. The van der Waals surface area contributed by atoms with Gasteiger partial charge in [0, 0.05) is 38.3 Å². The van der Waals surface area contributed by atoms with Crippen LogP contribution in [0.5, 0.6) is 0 Å². The predicted octanol–water partition coefficient (Wildman–Crippen LogP) is 3.89. The van der Waals surface area contributed by atoms with Crippen molar-refractivity contribution < 1.29 is 19.4 Å². The summed E-state index contributed by atoms with van der Waals surface area (Å²) in [6.45, 7) is 4.61. The minimum atomic E-state index is -0.0422. The van der Waals surface area contributed by atoms with E-state index in [0.29, 0.717) is 25.4 Å². The molecule has 1 amide bonds. The summed E-state index contributed by atoms with van der Waals surface area (Å²) in [5.41, 5.74) is 3.92. The van der Waals surface area contributed by atoms with E-state index in [9.17, 15) is 4.79 Å². The first-order chi connectivity index (χ1) is 16.6. The van der Waals surface area contributed by atoms with E-state index in [-0.39, 0.29) is 18.6 Å². The van der Waals surface area contributed by atoms with E-state index in [2.05, 4.69) is 46.6 Å². The van der Waals surface area contributed by atoms with Crippen LogP contribution in [0.4, 0.5) is 0 Å². The third kappa shape index (κ3) is 6.64. The molecule has 1 fully saturated rings. The molecule has 0 saturated carbocycles. The third-order valence-electron chi connectivity index (χ3n) is 6.40. The second kappa shape index (κ2) is 12.1. The number of methoxy groups -OCH3 is 1. The fraction of sp³-hybridized carbons (Fsp3) is 0.393. The lowest BCUT2D eigenvalue weighted by Crippen LogP contribution is -2.44. The maximum absolute atomic E-state index is 12.5. The molecule has 1 aliphatic rings. The largest absolute Gasteiger partial charge is 0.392 e. The van der Waals surface area contributed by atoms with Crippen molar-refractivity contribution in [2.75, 3.05) is 33.4 Å². The lowest BCUT2D eigenvalue weighted by Gasteiger charge is -2.32. The van der Waals surface area contributed by atoms with Gasteiger partial charge in [-0.15, -0.1) is 0 Å². The number of likely N-dealkylation sites (tertiary alicyclic amines) is 1. The van der Waals surface area contributed by atoms with Crippen LogP contribution >= 0.6 is 0 Å². The summed E-state index contributed by atoms with van der Waals surface area (Å²) in [5, 5.41) is 14.8. The van der Waals surface area contributed by atoms with E-state index in [1.54, 1.807) is 31.4 Å². The van der Waals surface area contributed by atoms with Crippen LogP contribution in [0.3, 0.4) is 0 Å². The second-order valence-electron chi connectivity index (χ2n) is 8.94. The van der Waals surface area contributed by atoms with Gasteiger partial charge in [-0.3, -0.25) is 9.69 Å². The molecule has 2 N–H and O–H groups in total. The van der Waals surface area contributed by atoms with Gasteiger partial charge in [0.2, 0.25) is 0 Å². The number of aliphatic hydroxyl groups excluding tert-OH is 1. The Kier molecular flexibility index (Phi) is 8.66. The number of nitrogens with one attached hydrogen (secondary N) is 1. The van der Waals surface area contributed by atoms with Crippen LogP contribution in [0, 0.1) is 0 Å². The average Bonchev–Trinajstić information content (AvgIpc) is 2.87. The maximum atomic E-state index is 12.5. The molecule has 0 aromatic heterocycles. The van der Waals surface area contributed by atoms with Crippen molar-refractivity contribution in [1.82, 2.24) is 10.2 Å². The van der Waals surface area contributed by atoms with Gasteiger partial charge in [0.1, 0.15) is 0 Å². The lowest BCUT2D eigenvalue weighted by atomic mass is 10.0. The summed E-state index contributed by atoms with van der Waals surface area (Å²) in [4.78, 5) is 15.0. The molecule has 1 heterocycles. The fourth-order valence-electron chi connectivity index (χ4n) is 4.39. The average molecular weight is 463 g/mol. The number of hydrogen-bond donors (Lipinski definition) is 2. The fourth-order valence-corrected chi connectivity index (χ4v) is 4.39. The topological polar surface area (TPSA) is 71.0 Å². The second-order valence-corrected chi connectivity index (χ2v) is 8.94. The summed E-state index contributed by atoms with van der Waals surface area (Å²) < 4.78 is 10.7. The Morgan fingerprint density at radius 2 is 1.62 bits per heavy atom. The highest BCUT2D eigenvalue weighted by molar-refractivity contribution is 5.94. The zero-order valence-corrected chi connectivity index (χ0v) is 19.8. The number of piperidine rings is 1. The summed E-state index contributed by atoms with van der Waals surface area (Å²) >= 11 is 0. The number of aliphatic hydroxyl groups is 1. The van der Waals surface area contributed by atoms with E-state index in [1.807, 2.05) is 0 Å². The van der Waals surface area contributed by atoms with Gasteiger partial charge in [-0.1, -0.05) is 36.4 Å². The summed E-state index contributed by atoms with van der Waals surface area (Å²) in [7, 11) is 1.68. The van der Waals surface area contributed by atoms with E-state index < -0.39 is 0 Å². The molecule has 3 aromatic carbocycles. The minimum absolute atomic E-state index is 0.0119. The molecule has 6 nitrogen and oxygen atoms in total. The van der Waals surface area contributed by atoms with Crippen molar-refractivity contribution in [2.45, 2.75) is 38.6 Å². The molecular weight excluding hydrogens is 428 g/mol. The van der Waals surface area contributed by atoms with Crippen LogP contribution in [0.15, 0.2) is 60.7 Å². The first-order valence-corrected chi connectivity index (χ1v) is 12.0. The molecule has 34 heavy (non-hydrogen) atoms. The van der Waals surface area contributed by atoms with Gasteiger partial charge in [-0.05, 0) is 64.6 Å². The number of carbonyl (C=O) groups excluding carboxylic acids is 1. The van der Waals surface area contributed by atoms with Crippen LogP contribution in [-0.4, -0.2) is 55.4 Å². The molecule has 1 aliphatic heterocycles. The van der Waals surface area contributed by atoms with E-state index >= 15 is 0 Å². The standard InChI is InChI=1S/C28H34N2O4/c1-33-14-15-34-20-23-5-7-24-6-4-22(16-26(24)17-23)18-30-12-10-27(11-13-30)29-28(32)25-8-2-21(19-31)3-9-25/h2-9,16-17,27,31H,10-15,18-20H2,1H3,(H,29,32). The summed E-state index contributed by atoms with van der Waals surface area (Å²) in [6.07, 6.45) is 1.88. The van der Waals surface area contributed by atoms with Crippen molar-refractivity contribution in [2.24, 2.45) is 0 Å². The van der Waals surface area contributed by atoms with Gasteiger partial charge in [-0.25, -0.2) is 0 Å². The first kappa shape index (κ1) is 24.4. The Labute approximate surface area is 201 Å². The molecule has 180 valence electrons. The molecule has 0 atom stereocenters. The normalized spacial score (nSPS) is 15.0. The van der Waals surface area contributed by atoms with Crippen molar-refractivity contribution in [1.29, 1.82) is 0 Å². The Balaban J connectivity index is 1.28. The zero-order chi connectivity index (χ0) is 23.8. The number of benzene rings is 3. The van der Waals surface area contributed by atoms with Gasteiger partial charge >= 0.3 is 0 Å². The number of amides is 1. The van der Waals surface area contributed by atoms with Crippen molar-refractivity contribution in [3.05, 3.63) is 82.9 Å². The highest BCUT2D eigenvalue weighted by atomic mass is 16.5. The molecule has 0 bridgehead atoms. The number of rotatable bonds is 10. The molecule has 0 radical (unpaired) electrons. The predicted molar refractivity (Wildman–Crippen MR) is 134 cm³/mol. The molecule has 6 heteroatoms. The molecule has 1 saturated heterocycles. The lowest BCUT2D eigenvalue weighted by molar-refractivity contribution is 0.0617. The Bertz CT molecular complexity index is 1080. The number of nitrogens with zero attached hydrogens (tertiary/aromatic N) is 1. The van der Waals surface area contributed by atoms with E-state index in [4.69, 9.17) is 14.6 Å². The summed E-state index contributed by atoms with van der Waals surface area (Å²) in [6, 6.07) is 20.5. The van der Waals surface area contributed by atoms with Crippen molar-refractivity contribution in [3.63, 3.8) is 0 Å². The molecule has 0 spiro atoms. The highest BCUT2D eigenvalue weighted by Gasteiger charge is 2.21. The molecule has 0 unspecified atom stereocenters. The van der Waals surface area contributed by atoms with Gasteiger partial charge in [0.15, 0.2) is 0 Å². The Morgan fingerprint density at radius 1 is 0.941 bits per heavy atom.